The van der Waals surface area contributed by atoms with Gasteiger partial charge in [0, 0.05) is 43.5 Å². The Morgan fingerprint density at radius 3 is 2.73 bits per heavy atom. The fraction of sp³-hybridized carbons (Fsp3) is 0.238. The van der Waals surface area contributed by atoms with Gasteiger partial charge in [-0.15, -0.1) is 0 Å². The number of halogens is 1. The van der Waals surface area contributed by atoms with Crippen molar-refractivity contribution in [3.05, 3.63) is 70.6 Å². The fourth-order valence-electron chi connectivity index (χ4n) is 2.78. The van der Waals surface area contributed by atoms with Crippen molar-refractivity contribution in [2.75, 3.05) is 13.1 Å². The van der Waals surface area contributed by atoms with Crippen molar-refractivity contribution < 1.29 is 14.4 Å². The summed E-state index contributed by atoms with van der Waals surface area (Å²) < 4.78 is 1.93. The van der Waals surface area contributed by atoms with Crippen molar-refractivity contribution in [3.63, 3.8) is 0 Å². The molecule has 2 heterocycles. The van der Waals surface area contributed by atoms with Crippen LogP contribution in [0.5, 0.6) is 0 Å². The van der Waals surface area contributed by atoms with E-state index in [2.05, 4.69) is 10.3 Å². The third-order valence-electron chi connectivity index (χ3n) is 4.28. The van der Waals surface area contributed by atoms with Crippen LogP contribution in [0.4, 0.5) is 4.79 Å². The molecule has 1 aromatic heterocycles. The van der Waals surface area contributed by atoms with E-state index in [0.29, 0.717) is 11.6 Å². The lowest BCUT2D eigenvalue weighted by Gasteiger charge is -2.12. The topological polar surface area (TPSA) is 84.3 Å². The number of aromatic nitrogens is 2. The first kappa shape index (κ1) is 21.9. The summed E-state index contributed by atoms with van der Waals surface area (Å²) >= 11 is 7.04. The van der Waals surface area contributed by atoms with E-state index in [1.54, 1.807) is 18.6 Å². The first-order chi connectivity index (χ1) is 14.5. The van der Waals surface area contributed by atoms with Crippen LogP contribution in [0.3, 0.4) is 0 Å². The summed E-state index contributed by atoms with van der Waals surface area (Å²) in [5.41, 5.74) is 0.891. The molecule has 0 radical (unpaired) electrons. The zero-order valence-corrected chi connectivity index (χ0v) is 17.7. The van der Waals surface area contributed by atoms with Gasteiger partial charge in [-0.2, -0.15) is 0 Å². The summed E-state index contributed by atoms with van der Waals surface area (Å²) in [4.78, 5) is 41.9. The molecule has 2 aromatic rings. The number of benzene rings is 1. The summed E-state index contributed by atoms with van der Waals surface area (Å²) in [6, 6.07) is 9.43. The van der Waals surface area contributed by atoms with Gasteiger partial charge in [-0.3, -0.25) is 19.3 Å². The van der Waals surface area contributed by atoms with Crippen LogP contribution in [0.2, 0.25) is 0 Å². The normalized spacial score (nSPS) is 15.8. The van der Waals surface area contributed by atoms with Gasteiger partial charge in [-0.25, -0.2) is 4.98 Å². The molecule has 1 fully saturated rings. The van der Waals surface area contributed by atoms with Crippen molar-refractivity contribution >= 4 is 46.5 Å². The second-order valence-electron chi connectivity index (χ2n) is 6.53. The fourth-order valence-corrected chi connectivity index (χ4v) is 3.93. The van der Waals surface area contributed by atoms with E-state index in [1.165, 1.54) is 6.08 Å². The average Bonchev–Trinajstić information content (AvgIpc) is 3.33. The molecular formula is C21H21ClN4O3S. The third-order valence-corrected chi connectivity index (χ3v) is 5.41. The predicted molar refractivity (Wildman–Crippen MR) is 118 cm³/mol. The van der Waals surface area contributed by atoms with Crippen molar-refractivity contribution in [2.24, 2.45) is 0 Å². The number of nitrogens with zero attached hydrogens (tertiary/aromatic N) is 3. The lowest BCUT2D eigenvalue weighted by Crippen LogP contribution is -2.34. The van der Waals surface area contributed by atoms with Crippen LogP contribution >= 0.6 is 23.4 Å². The maximum atomic E-state index is 12.5. The SMILES string of the molecule is O=C(CCN1C(=O)SC(=CC(Cl)=Cc2ccccc2)C1=O)NCCCn1ccnc1. The standard InChI is InChI=1S/C21H21ClN4O3S/c22-17(13-16-5-2-1-3-6-16)14-18-20(28)26(21(29)30-18)11-7-19(27)24-8-4-10-25-12-9-23-15-25/h1-3,5-6,9,12-15H,4,7-8,10-11H2,(H,24,27). The third kappa shape index (κ3) is 6.33. The monoisotopic (exact) mass is 444 g/mol. The number of hydrogen-bond donors (Lipinski definition) is 1. The van der Waals surface area contributed by atoms with E-state index in [0.717, 1.165) is 35.2 Å². The number of thioether (sulfide) groups is 1. The van der Waals surface area contributed by atoms with Crippen molar-refractivity contribution in [2.45, 2.75) is 19.4 Å². The Labute approximate surface area is 183 Å². The molecule has 7 nitrogen and oxygen atoms in total. The highest BCUT2D eigenvalue weighted by Crippen LogP contribution is 2.32. The highest BCUT2D eigenvalue weighted by atomic mass is 35.5. The van der Waals surface area contributed by atoms with E-state index in [9.17, 15) is 14.4 Å². The Hall–Kier alpha value is -2.84. The number of imide groups is 1. The van der Waals surface area contributed by atoms with Crippen molar-refractivity contribution in [1.82, 2.24) is 19.8 Å². The Morgan fingerprint density at radius 2 is 2.00 bits per heavy atom. The van der Waals surface area contributed by atoms with Crippen LogP contribution in [0.1, 0.15) is 18.4 Å². The predicted octanol–water partition coefficient (Wildman–Crippen LogP) is 3.64. The number of carbonyl (C=O) groups is 3. The lowest BCUT2D eigenvalue weighted by molar-refractivity contribution is -0.124. The molecule has 1 saturated heterocycles. The Bertz CT molecular complexity index is 958. The Kier molecular flexibility index (Phi) is 7.87. The largest absolute Gasteiger partial charge is 0.356 e. The molecular weight excluding hydrogens is 424 g/mol. The van der Waals surface area contributed by atoms with Crippen LogP contribution in [0.25, 0.3) is 6.08 Å². The number of aryl methyl sites for hydroxylation is 1. The molecule has 1 aliphatic rings. The molecule has 0 spiro atoms. The summed E-state index contributed by atoms with van der Waals surface area (Å²) in [5, 5.41) is 2.75. The molecule has 30 heavy (non-hydrogen) atoms. The molecule has 0 unspecified atom stereocenters. The van der Waals surface area contributed by atoms with Crippen molar-refractivity contribution in [3.8, 4) is 0 Å². The Morgan fingerprint density at radius 1 is 1.20 bits per heavy atom. The summed E-state index contributed by atoms with van der Waals surface area (Å²) in [6.07, 6.45) is 9.30. The van der Waals surface area contributed by atoms with Gasteiger partial charge in [0.2, 0.25) is 5.91 Å². The van der Waals surface area contributed by atoms with Crippen LogP contribution in [0, 0.1) is 0 Å². The number of imidazole rings is 1. The van der Waals surface area contributed by atoms with E-state index < -0.39 is 11.1 Å². The quantitative estimate of drug-likeness (QED) is 0.471. The van der Waals surface area contributed by atoms with Crippen LogP contribution in [0.15, 0.2) is 65.1 Å². The van der Waals surface area contributed by atoms with E-state index in [-0.39, 0.29) is 23.8 Å². The number of rotatable bonds is 9. The second-order valence-corrected chi connectivity index (χ2v) is 7.96. The minimum absolute atomic E-state index is 0.0371. The minimum atomic E-state index is -0.433. The van der Waals surface area contributed by atoms with Gasteiger partial charge in [-0.05, 0) is 35.9 Å². The molecule has 1 aromatic carbocycles. The molecule has 0 atom stereocenters. The molecule has 3 rings (SSSR count). The average molecular weight is 445 g/mol. The van der Waals surface area contributed by atoms with E-state index >= 15 is 0 Å². The van der Waals surface area contributed by atoms with Gasteiger partial charge in [0.05, 0.1) is 11.2 Å². The summed E-state index contributed by atoms with van der Waals surface area (Å²) in [7, 11) is 0. The van der Waals surface area contributed by atoms with Crippen molar-refractivity contribution in [1.29, 1.82) is 0 Å². The summed E-state index contributed by atoms with van der Waals surface area (Å²) in [5.74, 6) is -0.636. The number of nitrogens with one attached hydrogen (secondary N) is 1. The molecule has 0 saturated carbocycles. The van der Waals surface area contributed by atoms with Gasteiger partial charge in [0.15, 0.2) is 0 Å². The molecule has 9 heteroatoms. The minimum Gasteiger partial charge on any atom is -0.356 e. The molecule has 0 bridgehead atoms. The number of carbonyl (C=O) groups excluding carboxylic acids is 3. The molecule has 1 N–H and O–H groups in total. The maximum absolute atomic E-state index is 12.5. The van der Waals surface area contributed by atoms with Gasteiger partial charge in [0.1, 0.15) is 0 Å². The van der Waals surface area contributed by atoms with E-state index in [1.807, 2.05) is 41.1 Å². The smallest absolute Gasteiger partial charge is 0.293 e. The van der Waals surface area contributed by atoms with Crippen LogP contribution in [-0.4, -0.2) is 44.6 Å². The maximum Gasteiger partial charge on any atom is 0.293 e. The summed E-state index contributed by atoms with van der Waals surface area (Å²) in [6.45, 7) is 1.31. The van der Waals surface area contributed by atoms with Gasteiger partial charge in [0.25, 0.3) is 11.1 Å². The van der Waals surface area contributed by atoms with Gasteiger partial charge < -0.3 is 9.88 Å². The van der Waals surface area contributed by atoms with Crippen LogP contribution in [-0.2, 0) is 16.1 Å². The molecule has 3 amide bonds. The highest BCUT2D eigenvalue weighted by Gasteiger charge is 2.35. The zero-order valence-electron chi connectivity index (χ0n) is 16.2. The van der Waals surface area contributed by atoms with Gasteiger partial charge >= 0.3 is 0 Å². The second kappa shape index (κ2) is 10.8. The van der Waals surface area contributed by atoms with Crippen LogP contribution < -0.4 is 5.32 Å². The number of amides is 3. The molecule has 0 aliphatic carbocycles. The Balaban J connectivity index is 1.46. The lowest BCUT2D eigenvalue weighted by atomic mass is 10.2. The number of hydrogen-bond acceptors (Lipinski definition) is 5. The molecule has 156 valence electrons. The highest BCUT2D eigenvalue weighted by molar-refractivity contribution is 8.18. The first-order valence-electron chi connectivity index (χ1n) is 9.43. The molecule has 1 aliphatic heterocycles. The zero-order chi connectivity index (χ0) is 21.3. The van der Waals surface area contributed by atoms with Gasteiger partial charge in [-0.1, -0.05) is 41.9 Å². The number of allylic oxidation sites excluding steroid dienone is 2. The first-order valence-corrected chi connectivity index (χ1v) is 10.6. The van der Waals surface area contributed by atoms with E-state index in [4.69, 9.17) is 11.6 Å².